The third kappa shape index (κ3) is 5.16. The highest BCUT2D eigenvalue weighted by Gasteiger charge is 2.39. The molecule has 0 atom stereocenters. The van der Waals surface area contributed by atoms with E-state index in [1.54, 1.807) is 0 Å². The molecule has 0 spiro atoms. The molecule has 6 aromatic rings. The Bertz CT molecular complexity index is 2410. The molecule has 0 saturated carbocycles. The number of aryl methyl sites for hydroxylation is 2. The average molecular weight is 685 g/mol. The van der Waals surface area contributed by atoms with E-state index in [1.807, 2.05) is 12.1 Å². The molecule has 3 nitrogen and oxygen atoms in total. The Hall–Kier alpha value is -5.28. The largest absolute Gasteiger partial charge is 0.483 e. The fourth-order valence-electron chi connectivity index (χ4n) is 8.78. The van der Waals surface area contributed by atoms with Crippen molar-refractivity contribution in [3.63, 3.8) is 0 Å². The van der Waals surface area contributed by atoms with Gasteiger partial charge in [-0.15, -0.1) is 0 Å². The monoisotopic (exact) mass is 684 g/mol. The Morgan fingerprint density at radius 2 is 0.865 bits per heavy atom. The molecule has 2 aliphatic heterocycles. The number of fused-ring (bicyclic) bond motifs is 4. The van der Waals surface area contributed by atoms with Crippen LogP contribution in [0.4, 0.5) is 0 Å². The summed E-state index contributed by atoms with van der Waals surface area (Å²) in [5.74, 6) is 3.60. The molecular weight excluding hydrogens is 637 g/mol. The van der Waals surface area contributed by atoms with E-state index >= 15 is 0 Å². The summed E-state index contributed by atoms with van der Waals surface area (Å²) in [6.07, 6.45) is 0. The minimum Gasteiger partial charge on any atom is -0.483 e. The first-order valence-corrected chi connectivity index (χ1v) is 18.4. The smallest absolute Gasteiger partial charge is 0.139 e. The fraction of sp³-hybridized carbons (Fsp3) is 0.265. The van der Waals surface area contributed by atoms with Crippen molar-refractivity contribution in [2.45, 2.75) is 85.9 Å². The molecule has 0 bridgehead atoms. The van der Waals surface area contributed by atoms with Crippen LogP contribution in [0.1, 0.15) is 86.1 Å². The van der Waals surface area contributed by atoms with E-state index in [-0.39, 0.29) is 5.41 Å². The first kappa shape index (κ1) is 33.8. The summed E-state index contributed by atoms with van der Waals surface area (Å²) in [7, 11) is 0. The third-order valence-electron chi connectivity index (χ3n) is 11.6. The maximum Gasteiger partial charge on any atom is 0.139 e. The summed E-state index contributed by atoms with van der Waals surface area (Å²) >= 11 is 0. The molecule has 0 saturated heterocycles. The molecule has 8 rings (SSSR count). The van der Waals surface area contributed by atoms with Crippen LogP contribution in [-0.4, -0.2) is 0 Å². The Labute approximate surface area is 309 Å². The van der Waals surface area contributed by atoms with Gasteiger partial charge >= 0.3 is 0 Å². The number of ether oxygens (including phenoxy) is 3. The summed E-state index contributed by atoms with van der Waals surface area (Å²) in [5.41, 5.74) is 15.0. The molecule has 0 radical (unpaired) electrons. The Morgan fingerprint density at radius 3 is 1.48 bits per heavy atom. The molecule has 52 heavy (non-hydrogen) atoms. The maximum absolute atomic E-state index is 7.14. The van der Waals surface area contributed by atoms with E-state index in [4.69, 9.17) is 14.2 Å². The molecule has 0 fully saturated rings. The van der Waals surface area contributed by atoms with Gasteiger partial charge < -0.3 is 14.2 Å². The van der Waals surface area contributed by atoms with Gasteiger partial charge in [-0.3, -0.25) is 0 Å². The minimum atomic E-state index is -0.619. The van der Waals surface area contributed by atoms with Gasteiger partial charge in [0.15, 0.2) is 0 Å². The highest BCUT2D eigenvalue weighted by molar-refractivity contribution is 5.89. The van der Waals surface area contributed by atoms with Crippen molar-refractivity contribution in [2.24, 2.45) is 0 Å². The Balaban J connectivity index is 1.30. The van der Waals surface area contributed by atoms with Crippen LogP contribution >= 0.6 is 0 Å². The quantitative estimate of drug-likeness (QED) is 0.186. The molecule has 0 N–H and O–H groups in total. The number of hydrogen-bond acceptors (Lipinski definition) is 3. The third-order valence-corrected chi connectivity index (χ3v) is 11.6. The summed E-state index contributed by atoms with van der Waals surface area (Å²) in [6, 6.07) is 38.9. The molecule has 0 amide bonds. The first-order valence-electron chi connectivity index (χ1n) is 18.4. The van der Waals surface area contributed by atoms with Gasteiger partial charge in [-0.25, -0.2) is 0 Å². The van der Waals surface area contributed by atoms with Crippen molar-refractivity contribution in [3.8, 4) is 56.4 Å². The molecule has 3 heteroatoms. The molecular formula is C49H48O3. The Kier molecular flexibility index (Phi) is 7.73. The van der Waals surface area contributed by atoms with Gasteiger partial charge in [0.1, 0.15) is 34.2 Å². The van der Waals surface area contributed by atoms with E-state index in [0.29, 0.717) is 0 Å². The zero-order valence-electron chi connectivity index (χ0n) is 32.1. The molecule has 2 aliphatic rings. The summed E-state index contributed by atoms with van der Waals surface area (Å²) in [5, 5.41) is 0. The minimum absolute atomic E-state index is 0.187. The van der Waals surface area contributed by atoms with Gasteiger partial charge in [-0.05, 0) is 112 Å². The van der Waals surface area contributed by atoms with Gasteiger partial charge in [0, 0.05) is 38.8 Å². The fourth-order valence-corrected chi connectivity index (χ4v) is 8.78. The van der Waals surface area contributed by atoms with Crippen molar-refractivity contribution in [2.75, 3.05) is 0 Å². The number of rotatable bonds is 3. The first-order chi connectivity index (χ1) is 24.7. The van der Waals surface area contributed by atoms with Crippen molar-refractivity contribution in [1.29, 1.82) is 0 Å². The van der Waals surface area contributed by atoms with Crippen molar-refractivity contribution in [1.82, 2.24) is 0 Å². The van der Waals surface area contributed by atoms with Crippen LogP contribution in [0.15, 0.2) is 109 Å². The number of benzene rings is 6. The van der Waals surface area contributed by atoms with Gasteiger partial charge in [-0.2, -0.15) is 0 Å². The second kappa shape index (κ2) is 11.9. The van der Waals surface area contributed by atoms with E-state index in [0.717, 1.165) is 45.3 Å². The summed E-state index contributed by atoms with van der Waals surface area (Å²) in [6.45, 7) is 22.1. The van der Waals surface area contributed by atoms with Gasteiger partial charge in [0.05, 0.1) is 0 Å². The highest BCUT2D eigenvalue weighted by Crippen LogP contribution is 2.53. The second-order valence-electron chi connectivity index (χ2n) is 16.2. The van der Waals surface area contributed by atoms with Crippen LogP contribution in [-0.2, 0) is 16.6 Å². The van der Waals surface area contributed by atoms with Crippen molar-refractivity contribution >= 4 is 0 Å². The SMILES string of the molecule is Cc1ccc(-c2ccc(C)c(-c3cccc4c3Oc3ccccc3C4(C)C)c2C)c(C)c1-c1cccc2c1OC(C)(C)c1ccccc1OC2(C)C. The van der Waals surface area contributed by atoms with Crippen molar-refractivity contribution < 1.29 is 14.2 Å². The molecule has 262 valence electrons. The van der Waals surface area contributed by atoms with Crippen molar-refractivity contribution in [3.05, 3.63) is 154 Å². The average Bonchev–Trinajstić information content (AvgIpc) is 3.09. The Morgan fingerprint density at radius 1 is 0.385 bits per heavy atom. The molecule has 0 unspecified atom stereocenters. The summed E-state index contributed by atoms with van der Waals surface area (Å²) in [4.78, 5) is 0. The van der Waals surface area contributed by atoms with Crippen LogP contribution < -0.4 is 14.2 Å². The molecule has 0 aliphatic carbocycles. The van der Waals surface area contributed by atoms with Gasteiger partial charge in [0.25, 0.3) is 0 Å². The molecule has 2 heterocycles. The van der Waals surface area contributed by atoms with E-state index in [2.05, 4.69) is 166 Å². The lowest BCUT2D eigenvalue weighted by molar-refractivity contribution is 0.0526. The van der Waals surface area contributed by atoms with E-state index in [9.17, 15) is 0 Å². The zero-order chi connectivity index (χ0) is 36.7. The predicted molar refractivity (Wildman–Crippen MR) is 214 cm³/mol. The predicted octanol–water partition coefficient (Wildman–Crippen LogP) is 13.3. The highest BCUT2D eigenvalue weighted by atomic mass is 16.5. The van der Waals surface area contributed by atoms with Crippen LogP contribution in [0, 0.1) is 27.7 Å². The lowest BCUT2D eigenvalue weighted by Crippen LogP contribution is -2.35. The van der Waals surface area contributed by atoms with Crippen LogP contribution in [0.3, 0.4) is 0 Å². The number of hydrogen-bond donors (Lipinski definition) is 0. The zero-order valence-corrected chi connectivity index (χ0v) is 32.1. The second-order valence-corrected chi connectivity index (χ2v) is 16.2. The lowest BCUT2D eigenvalue weighted by atomic mass is 9.74. The molecule has 0 aromatic heterocycles. The van der Waals surface area contributed by atoms with Crippen LogP contribution in [0.5, 0.6) is 23.0 Å². The lowest BCUT2D eigenvalue weighted by Gasteiger charge is -2.39. The molecule has 6 aromatic carbocycles. The van der Waals surface area contributed by atoms with Gasteiger partial charge in [0.2, 0.25) is 0 Å². The summed E-state index contributed by atoms with van der Waals surface area (Å²) < 4.78 is 20.7. The van der Waals surface area contributed by atoms with Crippen LogP contribution in [0.2, 0.25) is 0 Å². The number of para-hydroxylation sites is 4. The standard InChI is InChI=1S/C49H48O3/c1-29-25-27-33(31(3)43(29)35-17-15-21-39-45(35)50-41-23-13-11-19-37(41)47(39,5)6)34-28-26-30(2)44(32(34)4)36-18-16-22-40-46(36)52-48(7,8)38-20-12-14-24-42(38)51-49(40,9)10/h11-28H,1-10H3. The topological polar surface area (TPSA) is 27.7 Å². The normalized spacial score (nSPS) is 16.0. The van der Waals surface area contributed by atoms with Gasteiger partial charge in [-0.1, -0.05) is 111 Å². The van der Waals surface area contributed by atoms with Crippen LogP contribution in [0.25, 0.3) is 33.4 Å². The maximum atomic E-state index is 7.14. The van der Waals surface area contributed by atoms with E-state index < -0.39 is 11.2 Å². The van der Waals surface area contributed by atoms with E-state index in [1.165, 1.54) is 55.6 Å².